The number of halogens is 2. The molecule has 94 valence electrons. The van der Waals surface area contributed by atoms with Gasteiger partial charge in [-0.2, -0.15) is 0 Å². The number of nitrogens with one attached hydrogen (secondary N) is 1. The Kier molecular flexibility index (Phi) is 4.15. The molecular weight excluding hydrogens is 265 g/mol. The van der Waals surface area contributed by atoms with E-state index in [1.807, 2.05) is 44.2 Å². The molecule has 18 heavy (non-hydrogen) atoms. The lowest BCUT2D eigenvalue weighted by Crippen LogP contribution is -2.00. The summed E-state index contributed by atoms with van der Waals surface area (Å²) < 4.78 is 0. The van der Waals surface area contributed by atoms with Crippen molar-refractivity contribution >= 4 is 28.9 Å². The van der Waals surface area contributed by atoms with Crippen LogP contribution in [0.15, 0.2) is 36.4 Å². The summed E-state index contributed by atoms with van der Waals surface area (Å²) in [7, 11) is 0. The molecule has 0 amide bonds. The Bertz CT molecular complexity index is 544. The van der Waals surface area contributed by atoms with Crippen LogP contribution in [0.3, 0.4) is 0 Å². The molecular formula is C15H15Cl2N. The summed E-state index contributed by atoms with van der Waals surface area (Å²) in [5.74, 6) is 0. The van der Waals surface area contributed by atoms with E-state index < -0.39 is 0 Å². The molecule has 0 aliphatic heterocycles. The summed E-state index contributed by atoms with van der Waals surface area (Å²) in [6.07, 6.45) is 0. The van der Waals surface area contributed by atoms with Crippen molar-refractivity contribution in [2.45, 2.75) is 20.4 Å². The number of anilines is 1. The van der Waals surface area contributed by atoms with Crippen LogP contribution in [0.1, 0.15) is 16.7 Å². The Morgan fingerprint density at radius 3 is 2.44 bits per heavy atom. The van der Waals surface area contributed by atoms with E-state index in [1.54, 1.807) is 0 Å². The quantitative estimate of drug-likeness (QED) is 0.812. The van der Waals surface area contributed by atoms with Gasteiger partial charge in [0.15, 0.2) is 0 Å². The summed E-state index contributed by atoms with van der Waals surface area (Å²) in [6, 6.07) is 12.0. The fourth-order valence-electron chi connectivity index (χ4n) is 1.87. The second-order valence-electron chi connectivity index (χ2n) is 4.45. The topological polar surface area (TPSA) is 12.0 Å². The number of benzene rings is 2. The minimum Gasteiger partial charge on any atom is -0.381 e. The number of hydrogen-bond acceptors (Lipinski definition) is 1. The second kappa shape index (κ2) is 5.64. The highest BCUT2D eigenvalue weighted by molar-refractivity contribution is 6.31. The molecule has 0 bridgehead atoms. The third kappa shape index (κ3) is 3.41. The van der Waals surface area contributed by atoms with E-state index in [4.69, 9.17) is 23.2 Å². The first kappa shape index (κ1) is 13.3. The zero-order chi connectivity index (χ0) is 13.1. The SMILES string of the molecule is Cc1cc(Cl)cc(CNc2ccc(Cl)c(C)c2)c1. The highest BCUT2D eigenvalue weighted by atomic mass is 35.5. The molecule has 0 saturated heterocycles. The minimum atomic E-state index is 0.752. The third-order valence-electron chi connectivity index (χ3n) is 2.76. The Morgan fingerprint density at radius 1 is 1.00 bits per heavy atom. The van der Waals surface area contributed by atoms with Gasteiger partial charge >= 0.3 is 0 Å². The van der Waals surface area contributed by atoms with E-state index in [1.165, 1.54) is 11.1 Å². The lowest BCUT2D eigenvalue weighted by Gasteiger charge is -2.09. The van der Waals surface area contributed by atoms with Crippen LogP contribution in [0.25, 0.3) is 0 Å². The Labute approximate surface area is 118 Å². The van der Waals surface area contributed by atoms with Gasteiger partial charge in [-0.25, -0.2) is 0 Å². The molecule has 0 unspecified atom stereocenters. The second-order valence-corrected chi connectivity index (χ2v) is 5.30. The maximum Gasteiger partial charge on any atom is 0.0436 e. The van der Waals surface area contributed by atoms with Gasteiger partial charge in [0.05, 0.1) is 0 Å². The molecule has 0 radical (unpaired) electrons. The van der Waals surface area contributed by atoms with E-state index in [0.717, 1.165) is 27.8 Å². The van der Waals surface area contributed by atoms with Crippen molar-refractivity contribution in [3.63, 3.8) is 0 Å². The predicted molar refractivity (Wildman–Crippen MR) is 79.7 cm³/mol. The fourth-order valence-corrected chi connectivity index (χ4v) is 2.30. The molecule has 0 aliphatic rings. The normalized spacial score (nSPS) is 10.4. The van der Waals surface area contributed by atoms with E-state index in [2.05, 4.69) is 11.4 Å². The van der Waals surface area contributed by atoms with Gasteiger partial charge in [0.2, 0.25) is 0 Å². The molecule has 0 atom stereocenters. The molecule has 0 heterocycles. The van der Waals surface area contributed by atoms with Crippen LogP contribution in [0.4, 0.5) is 5.69 Å². The highest BCUT2D eigenvalue weighted by Crippen LogP contribution is 2.20. The van der Waals surface area contributed by atoms with Gasteiger partial charge in [0, 0.05) is 22.3 Å². The van der Waals surface area contributed by atoms with E-state index in [9.17, 15) is 0 Å². The largest absolute Gasteiger partial charge is 0.381 e. The molecule has 0 saturated carbocycles. The van der Waals surface area contributed by atoms with Crippen molar-refractivity contribution in [3.05, 3.63) is 63.1 Å². The summed E-state index contributed by atoms with van der Waals surface area (Å²) in [5, 5.41) is 4.93. The lowest BCUT2D eigenvalue weighted by molar-refractivity contribution is 1.14. The third-order valence-corrected chi connectivity index (χ3v) is 3.40. The van der Waals surface area contributed by atoms with Gasteiger partial charge in [-0.1, -0.05) is 29.3 Å². The monoisotopic (exact) mass is 279 g/mol. The van der Waals surface area contributed by atoms with Crippen LogP contribution in [0, 0.1) is 13.8 Å². The molecule has 2 aromatic carbocycles. The molecule has 1 N–H and O–H groups in total. The summed E-state index contributed by atoms with van der Waals surface area (Å²) in [4.78, 5) is 0. The molecule has 0 aromatic heterocycles. The highest BCUT2D eigenvalue weighted by Gasteiger charge is 2.00. The Balaban J connectivity index is 2.08. The Hall–Kier alpha value is -1.18. The lowest BCUT2D eigenvalue weighted by atomic mass is 10.1. The van der Waals surface area contributed by atoms with Crippen LogP contribution in [0.5, 0.6) is 0 Å². The maximum absolute atomic E-state index is 6.03. The van der Waals surface area contributed by atoms with Gasteiger partial charge in [-0.3, -0.25) is 0 Å². The van der Waals surface area contributed by atoms with Crippen LogP contribution >= 0.6 is 23.2 Å². The molecule has 3 heteroatoms. The van der Waals surface area contributed by atoms with E-state index in [0.29, 0.717) is 0 Å². The van der Waals surface area contributed by atoms with Gasteiger partial charge in [0.1, 0.15) is 0 Å². The van der Waals surface area contributed by atoms with Crippen LogP contribution in [0.2, 0.25) is 10.0 Å². The maximum atomic E-state index is 6.03. The molecule has 1 nitrogen and oxygen atoms in total. The molecule has 0 fully saturated rings. The van der Waals surface area contributed by atoms with Gasteiger partial charge in [0.25, 0.3) is 0 Å². The molecule has 0 spiro atoms. The van der Waals surface area contributed by atoms with Gasteiger partial charge in [-0.15, -0.1) is 0 Å². The number of hydrogen-bond donors (Lipinski definition) is 1. The molecule has 2 rings (SSSR count). The minimum absolute atomic E-state index is 0.752. The van der Waals surface area contributed by atoms with Crippen molar-refractivity contribution in [1.82, 2.24) is 0 Å². The average Bonchev–Trinajstić information content (AvgIpc) is 2.29. The van der Waals surface area contributed by atoms with Crippen molar-refractivity contribution < 1.29 is 0 Å². The van der Waals surface area contributed by atoms with Crippen LogP contribution < -0.4 is 5.32 Å². The fraction of sp³-hybridized carbons (Fsp3) is 0.200. The first-order chi connectivity index (χ1) is 8.54. The van der Waals surface area contributed by atoms with Gasteiger partial charge < -0.3 is 5.32 Å². The van der Waals surface area contributed by atoms with Crippen molar-refractivity contribution in [2.24, 2.45) is 0 Å². The van der Waals surface area contributed by atoms with Crippen molar-refractivity contribution in [1.29, 1.82) is 0 Å². The smallest absolute Gasteiger partial charge is 0.0436 e. The molecule has 2 aromatic rings. The molecule has 0 aliphatic carbocycles. The van der Waals surface area contributed by atoms with E-state index in [-0.39, 0.29) is 0 Å². The zero-order valence-electron chi connectivity index (χ0n) is 10.4. The predicted octanol–water partition coefficient (Wildman–Crippen LogP) is 5.22. The summed E-state index contributed by atoms with van der Waals surface area (Å²) in [6.45, 7) is 4.79. The van der Waals surface area contributed by atoms with Gasteiger partial charge in [-0.05, 0) is 60.9 Å². The first-order valence-electron chi connectivity index (χ1n) is 5.81. The summed E-state index contributed by atoms with van der Waals surface area (Å²) in [5.41, 5.74) is 4.48. The number of aryl methyl sites for hydroxylation is 2. The number of rotatable bonds is 3. The van der Waals surface area contributed by atoms with Crippen molar-refractivity contribution in [2.75, 3.05) is 5.32 Å². The summed E-state index contributed by atoms with van der Waals surface area (Å²) >= 11 is 12.0. The standard InChI is InChI=1S/C15H15Cl2N/c1-10-5-12(8-13(16)6-10)9-18-14-3-4-15(17)11(2)7-14/h3-8,18H,9H2,1-2H3. The van der Waals surface area contributed by atoms with Crippen LogP contribution in [-0.2, 0) is 6.54 Å². The zero-order valence-corrected chi connectivity index (χ0v) is 11.9. The first-order valence-corrected chi connectivity index (χ1v) is 6.56. The van der Waals surface area contributed by atoms with Crippen LogP contribution in [-0.4, -0.2) is 0 Å². The Morgan fingerprint density at radius 2 is 1.78 bits per heavy atom. The van der Waals surface area contributed by atoms with E-state index >= 15 is 0 Å². The average molecular weight is 280 g/mol. The van der Waals surface area contributed by atoms with Crippen molar-refractivity contribution in [3.8, 4) is 0 Å².